The Hall–Kier alpha value is -2.75. The zero-order valence-electron chi connectivity index (χ0n) is 12.9. The van der Waals surface area contributed by atoms with Gasteiger partial charge in [-0.1, -0.05) is 0 Å². The summed E-state index contributed by atoms with van der Waals surface area (Å²) < 4.78 is 25.1. The zero-order valence-corrected chi connectivity index (χ0v) is 13.7. The monoisotopic (exact) mass is 352 g/mol. The van der Waals surface area contributed by atoms with Crippen LogP contribution in [0.4, 0.5) is 5.69 Å². The van der Waals surface area contributed by atoms with E-state index < -0.39 is 26.4 Å². The maximum Gasteiger partial charge on any atom is 0.271 e. The number of carbonyl (C=O) groups is 1. The van der Waals surface area contributed by atoms with Crippen LogP contribution in [0, 0.1) is 10.1 Å². The number of hydrogen-bond acceptors (Lipinski definition) is 6. The zero-order chi connectivity index (χ0) is 17.7. The molecule has 0 aliphatic rings. The highest BCUT2D eigenvalue weighted by atomic mass is 32.2. The molecule has 0 fully saturated rings. The smallest absolute Gasteiger partial charge is 0.271 e. The highest BCUT2D eigenvalue weighted by Crippen LogP contribution is 2.20. The van der Waals surface area contributed by atoms with E-state index in [1.54, 1.807) is 18.7 Å². The Balaban J connectivity index is 2.07. The van der Waals surface area contributed by atoms with Crippen molar-refractivity contribution in [1.29, 1.82) is 0 Å². The van der Waals surface area contributed by atoms with Gasteiger partial charge < -0.3 is 9.88 Å². The van der Waals surface area contributed by atoms with Gasteiger partial charge in [-0.3, -0.25) is 14.9 Å². The third-order valence-corrected chi connectivity index (χ3v) is 4.32. The summed E-state index contributed by atoms with van der Waals surface area (Å²) in [5.41, 5.74) is -0.506. The minimum atomic E-state index is -3.66. The normalized spacial score (nSPS) is 11.2. The summed E-state index contributed by atoms with van der Waals surface area (Å²) in [6.45, 7) is 0.998. The van der Waals surface area contributed by atoms with Gasteiger partial charge in [0.1, 0.15) is 0 Å². The molecule has 0 atom stereocenters. The van der Waals surface area contributed by atoms with Crippen molar-refractivity contribution >= 4 is 21.4 Å². The molecule has 0 saturated heterocycles. The molecule has 0 bridgehead atoms. The predicted molar refractivity (Wildman–Crippen MR) is 85.4 cm³/mol. The molecule has 10 heteroatoms. The average molecular weight is 352 g/mol. The van der Waals surface area contributed by atoms with Gasteiger partial charge in [-0.15, -0.1) is 0 Å². The number of benzene rings is 1. The number of rotatable bonds is 7. The summed E-state index contributed by atoms with van der Waals surface area (Å²) in [7, 11) is -3.66. The molecular weight excluding hydrogens is 336 g/mol. The fourth-order valence-corrected chi connectivity index (χ4v) is 2.69. The number of nitrogens with one attached hydrogen (secondary N) is 1. The number of nitrogens with zero attached hydrogens (tertiary/aromatic N) is 3. The van der Waals surface area contributed by atoms with Crippen molar-refractivity contribution in [3.63, 3.8) is 0 Å². The van der Waals surface area contributed by atoms with E-state index in [1.807, 2.05) is 4.57 Å². The first-order chi connectivity index (χ1) is 11.3. The fourth-order valence-electron chi connectivity index (χ4n) is 2.02. The van der Waals surface area contributed by atoms with Crippen molar-refractivity contribution in [2.45, 2.75) is 17.9 Å². The van der Waals surface area contributed by atoms with E-state index in [2.05, 4.69) is 10.3 Å². The Morgan fingerprint density at radius 2 is 2.12 bits per heavy atom. The molecule has 0 unspecified atom stereocenters. The standard InChI is InChI=1S/C14H16N4O5S/c1-24(22,23)13-8-11(7-12(9-13)18(20)21)14(19)16-3-2-5-17-6-4-15-10-17/h4,6-10H,2-3,5H2,1H3,(H,16,19). The van der Waals surface area contributed by atoms with Crippen LogP contribution >= 0.6 is 0 Å². The second-order valence-electron chi connectivity index (χ2n) is 5.15. The maximum absolute atomic E-state index is 12.1. The van der Waals surface area contributed by atoms with Crippen LogP contribution in [0.2, 0.25) is 0 Å². The lowest BCUT2D eigenvalue weighted by Gasteiger charge is -2.07. The van der Waals surface area contributed by atoms with Crippen LogP contribution in [-0.2, 0) is 16.4 Å². The lowest BCUT2D eigenvalue weighted by atomic mass is 10.2. The molecule has 0 aliphatic heterocycles. The van der Waals surface area contributed by atoms with E-state index in [9.17, 15) is 23.3 Å². The SMILES string of the molecule is CS(=O)(=O)c1cc(C(=O)NCCCn2ccnc2)cc([N+](=O)[O-])c1. The van der Waals surface area contributed by atoms with Crippen molar-refractivity contribution in [2.75, 3.05) is 12.8 Å². The second kappa shape index (κ2) is 7.21. The molecule has 0 radical (unpaired) electrons. The molecule has 0 spiro atoms. The van der Waals surface area contributed by atoms with Gasteiger partial charge in [-0.2, -0.15) is 0 Å². The molecule has 9 nitrogen and oxygen atoms in total. The summed E-state index contributed by atoms with van der Waals surface area (Å²) >= 11 is 0. The number of aryl methyl sites for hydroxylation is 1. The average Bonchev–Trinajstić information content (AvgIpc) is 3.03. The second-order valence-corrected chi connectivity index (χ2v) is 7.17. The van der Waals surface area contributed by atoms with Gasteiger partial charge in [0.05, 0.1) is 16.1 Å². The number of hydrogen-bond donors (Lipinski definition) is 1. The van der Waals surface area contributed by atoms with Crippen LogP contribution in [0.1, 0.15) is 16.8 Å². The van der Waals surface area contributed by atoms with Crippen molar-refractivity contribution in [3.8, 4) is 0 Å². The first-order valence-corrected chi connectivity index (χ1v) is 8.90. The van der Waals surface area contributed by atoms with Crippen LogP contribution in [0.5, 0.6) is 0 Å². The van der Waals surface area contributed by atoms with Crippen molar-refractivity contribution in [3.05, 3.63) is 52.6 Å². The molecule has 1 N–H and O–H groups in total. The third kappa shape index (κ3) is 4.62. The van der Waals surface area contributed by atoms with Crippen LogP contribution in [0.15, 0.2) is 41.8 Å². The van der Waals surface area contributed by atoms with E-state index >= 15 is 0 Å². The molecular formula is C14H16N4O5S. The predicted octanol–water partition coefficient (Wildman–Crippen LogP) is 1.01. The van der Waals surface area contributed by atoms with Crippen molar-refractivity contribution < 1.29 is 18.1 Å². The number of non-ortho nitro benzene ring substituents is 1. The van der Waals surface area contributed by atoms with E-state index in [0.717, 1.165) is 24.5 Å². The van der Waals surface area contributed by atoms with Crippen LogP contribution < -0.4 is 5.32 Å². The Bertz CT molecular complexity index is 846. The van der Waals surface area contributed by atoms with E-state index in [0.29, 0.717) is 19.5 Å². The van der Waals surface area contributed by atoms with Gasteiger partial charge in [0.25, 0.3) is 11.6 Å². The number of carbonyl (C=O) groups excluding carboxylic acids is 1. The van der Waals surface area contributed by atoms with E-state index in [4.69, 9.17) is 0 Å². The number of sulfone groups is 1. The number of amides is 1. The topological polar surface area (TPSA) is 124 Å². The Morgan fingerprint density at radius 1 is 1.38 bits per heavy atom. The molecule has 1 aromatic heterocycles. The minimum absolute atomic E-state index is 0.0627. The van der Waals surface area contributed by atoms with Gasteiger partial charge in [-0.05, 0) is 12.5 Å². The maximum atomic E-state index is 12.1. The lowest BCUT2D eigenvalue weighted by molar-refractivity contribution is -0.385. The largest absolute Gasteiger partial charge is 0.352 e. The van der Waals surface area contributed by atoms with Gasteiger partial charge in [0, 0.05) is 49.4 Å². The third-order valence-electron chi connectivity index (χ3n) is 3.23. The first kappa shape index (κ1) is 17.6. The van der Waals surface area contributed by atoms with Crippen LogP contribution in [-0.4, -0.2) is 41.6 Å². The summed E-state index contributed by atoms with van der Waals surface area (Å²) in [5.74, 6) is -0.561. The van der Waals surface area contributed by atoms with Crippen molar-refractivity contribution in [1.82, 2.24) is 14.9 Å². The molecule has 1 aromatic carbocycles. The molecule has 0 saturated carbocycles. The molecule has 1 amide bonds. The van der Waals surface area contributed by atoms with Gasteiger partial charge in [0.15, 0.2) is 9.84 Å². The summed E-state index contributed by atoms with van der Waals surface area (Å²) in [6, 6.07) is 3.12. The summed E-state index contributed by atoms with van der Waals surface area (Å²) in [5, 5.41) is 13.5. The highest BCUT2D eigenvalue weighted by molar-refractivity contribution is 7.90. The molecule has 2 aromatic rings. The highest BCUT2D eigenvalue weighted by Gasteiger charge is 2.18. The molecule has 128 valence electrons. The minimum Gasteiger partial charge on any atom is -0.352 e. The van der Waals surface area contributed by atoms with Crippen molar-refractivity contribution in [2.24, 2.45) is 0 Å². The molecule has 1 heterocycles. The number of aromatic nitrogens is 2. The summed E-state index contributed by atoms with van der Waals surface area (Å²) in [4.78, 5) is 25.9. The van der Waals surface area contributed by atoms with E-state index in [-0.39, 0.29) is 10.5 Å². The Labute approximate surface area is 138 Å². The Morgan fingerprint density at radius 3 is 2.71 bits per heavy atom. The number of nitro benzene ring substituents is 1. The van der Waals surface area contributed by atoms with Gasteiger partial charge >= 0.3 is 0 Å². The Kier molecular flexibility index (Phi) is 5.29. The summed E-state index contributed by atoms with van der Waals surface area (Å²) in [6.07, 6.45) is 6.66. The van der Waals surface area contributed by atoms with Gasteiger partial charge in [-0.25, -0.2) is 13.4 Å². The van der Waals surface area contributed by atoms with Crippen LogP contribution in [0.25, 0.3) is 0 Å². The van der Waals surface area contributed by atoms with Gasteiger partial charge in [0.2, 0.25) is 0 Å². The first-order valence-electron chi connectivity index (χ1n) is 7.01. The molecule has 2 rings (SSSR count). The number of nitro groups is 1. The lowest BCUT2D eigenvalue weighted by Crippen LogP contribution is -2.25. The molecule has 0 aliphatic carbocycles. The quantitative estimate of drug-likeness (QED) is 0.450. The number of imidazole rings is 1. The van der Waals surface area contributed by atoms with Crippen LogP contribution in [0.3, 0.4) is 0 Å². The molecule has 24 heavy (non-hydrogen) atoms. The fraction of sp³-hybridized carbons (Fsp3) is 0.286. The van der Waals surface area contributed by atoms with E-state index in [1.165, 1.54) is 0 Å².